The molecule has 1 heterocycles. The van der Waals surface area contributed by atoms with Gasteiger partial charge in [-0.05, 0) is 43.3 Å². The summed E-state index contributed by atoms with van der Waals surface area (Å²) >= 11 is 0. The lowest BCUT2D eigenvalue weighted by molar-refractivity contribution is 0.0950. The van der Waals surface area contributed by atoms with Crippen molar-refractivity contribution in [3.05, 3.63) is 53.7 Å². The maximum atomic E-state index is 12.4. The van der Waals surface area contributed by atoms with Gasteiger partial charge in [0.1, 0.15) is 17.2 Å². The Kier molecular flexibility index (Phi) is 7.10. The molecule has 0 fully saturated rings. The zero-order valence-corrected chi connectivity index (χ0v) is 17.8. The van der Waals surface area contributed by atoms with Crippen LogP contribution in [0.5, 0.6) is 23.0 Å². The second-order valence-electron chi connectivity index (χ2n) is 6.27. The van der Waals surface area contributed by atoms with Crippen LogP contribution in [0.2, 0.25) is 0 Å². The van der Waals surface area contributed by atoms with E-state index in [4.69, 9.17) is 18.9 Å². The minimum atomic E-state index is -0.430. The molecular formula is C22H24N4O5. The van der Waals surface area contributed by atoms with Crippen LogP contribution in [-0.2, 0) is 0 Å². The van der Waals surface area contributed by atoms with E-state index in [2.05, 4.69) is 20.7 Å². The predicted octanol–water partition coefficient (Wildman–Crippen LogP) is 3.27. The zero-order chi connectivity index (χ0) is 22.2. The molecule has 1 amide bonds. The first-order chi connectivity index (χ1) is 15.1. The Labute approximate surface area is 180 Å². The fraction of sp³-hybridized carbons (Fsp3) is 0.227. The van der Waals surface area contributed by atoms with Crippen LogP contribution in [0.1, 0.15) is 23.0 Å². The van der Waals surface area contributed by atoms with E-state index >= 15 is 0 Å². The average Bonchev–Trinajstić information content (AvgIpc) is 3.29. The first-order valence-corrected chi connectivity index (χ1v) is 9.51. The van der Waals surface area contributed by atoms with Gasteiger partial charge in [0, 0.05) is 17.2 Å². The molecule has 162 valence electrons. The van der Waals surface area contributed by atoms with Gasteiger partial charge in [-0.1, -0.05) is 0 Å². The molecule has 2 N–H and O–H groups in total. The lowest BCUT2D eigenvalue weighted by Crippen LogP contribution is -2.18. The molecule has 0 radical (unpaired) electrons. The van der Waals surface area contributed by atoms with E-state index in [1.807, 2.05) is 31.2 Å². The molecular weight excluding hydrogens is 400 g/mol. The number of carbonyl (C=O) groups is 1. The molecule has 3 aromatic rings. The molecule has 0 aliphatic heterocycles. The number of nitrogens with one attached hydrogen (secondary N) is 2. The van der Waals surface area contributed by atoms with Crippen molar-refractivity contribution >= 4 is 12.1 Å². The van der Waals surface area contributed by atoms with E-state index < -0.39 is 5.91 Å². The third-order valence-corrected chi connectivity index (χ3v) is 4.39. The standard InChI is InChI=1S/C22H24N4O5/c1-5-31-16-8-6-14(7-9-16)17-11-18(25-24-17)22(27)26-23-13-15-10-20(29-3)21(30-4)12-19(15)28-2/h6-13H,5H2,1-4H3,(H,24,25)(H,26,27)/b23-13-. The molecule has 3 rings (SSSR count). The second-order valence-corrected chi connectivity index (χ2v) is 6.27. The number of hydrogen-bond acceptors (Lipinski definition) is 7. The van der Waals surface area contributed by atoms with Crippen LogP contribution >= 0.6 is 0 Å². The number of H-pyrrole nitrogens is 1. The van der Waals surface area contributed by atoms with E-state index in [0.717, 1.165) is 11.3 Å². The molecule has 0 atom stereocenters. The maximum absolute atomic E-state index is 12.4. The Morgan fingerprint density at radius 3 is 2.35 bits per heavy atom. The zero-order valence-electron chi connectivity index (χ0n) is 17.8. The molecule has 9 heteroatoms. The molecule has 9 nitrogen and oxygen atoms in total. The smallest absolute Gasteiger partial charge is 0.289 e. The molecule has 0 spiro atoms. The highest BCUT2D eigenvalue weighted by atomic mass is 16.5. The molecule has 0 saturated carbocycles. The summed E-state index contributed by atoms with van der Waals surface area (Å²) in [6, 6.07) is 12.5. The summed E-state index contributed by atoms with van der Waals surface area (Å²) in [5.74, 6) is 1.92. The van der Waals surface area contributed by atoms with E-state index in [0.29, 0.717) is 35.1 Å². The number of amides is 1. The Bertz CT molecular complexity index is 1060. The number of aromatic nitrogens is 2. The Morgan fingerprint density at radius 2 is 1.71 bits per heavy atom. The van der Waals surface area contributed by atoms with E-state index in [-0.39, 0.29) is 5.69 Å². The quantitative estimate of drug-likeness (QED) is 0.403. The van der Waals surface area contributed by atoms with Crippen molar-refractivity contribution < 1.29 is 23.7 Å². The summed E-state index contributed by atoms with van der Waals surface area (Å²) in [7, 11) is 4.61. The summed E-state index contributed by atoms with van der Waals surface area (Å²) in [6.45, 7) is 2.53. The number of rotatable bonds is 9. The molecule has 0 aliphatic rings. The van der Waals surface area contributed by atoms with Gasteiger partial charge in [0.15, 0.2) is 11.5 Å². The predicted molar refractivity (Wildman–Crippen MR) is 116 cm³/mol. The largest absolute Gasteiger partial charge is 0.496 e. The number of methoxy groups -OCH3 is 3. The van der Waals surface area contributed by atoms with Crippen molar-refractivity contribution in [1.82, 2.24) is 15.6 Å². The van der Waals surface area contributed by atoms with Crippen LogP contribution in [-0.4, -0.2) is 50.3 Å². The van der Waals surface area contributed by atoms with Crippen LogP contribution in [0.15, 0.2) is 47.6 Å². The number of hydrogen-bond donors (Lipinski definition) is 2. The highest BCUT2D eigenvalue weighted by Gasteiger charge is 2.12. The van der Waals surface area contributed by atoms with E-state index in [9.17, 15) is 4.79 Å². The number of benzene rings is 2. The lowest BCUT2D eigenvalue weighted by Gasteiger charge is -2.11. The van der Waals surface area contributed by atoms with Crippen molar-refractivity contribution in [3.8, 4) is 34.3 Å². The summed E-state index contributed by atoms with van der Waals surface area (Å²) in [5, 5.41) is 10.9. The van der Waals surface area contributed by atoms with Gasteiger partial charge >= 0.3 is 0 Å². The van der Waals surface area contributed by atoms with Gasteiger partial charge in [-0.2, -0.15) is 10.2 Å². The number of hydrazone groups is 1. The van der Waals surface area contributed by atoms with Crippen LogP contribution in [0.4, 0.5) is 0 Å². The van der Waals surface area contributed by atoms with Crippen LogP contribution in [0.25, 0.3) is 11.3 Å². The minimum Gasteiger partial charge on any atom is -0.496 e. The third-order valence-electron chi connectivity index (χ3n) is 4.39. The van der Waals surface area contributed by atoms with Crippen LogP contribution < -0.4 is 24.4 Å². The van der Waals surface area contributed by atoms with Crippen LogP contribution in [0.3, 0.4) is 0 Å². The number of aromatic amines is 1. The average molecular weight is 424 g/mol. The normalized spacial score (nSPS) is 10.7. The highest BCUT2D eigenvalue weighted by Crippen LogP contribution is 2.33. The first-order valence-electron chi connectivity index (χ1n) is 9.51. The van der Waals surface area contributed by atoms with Gasteiger partial charge in [0.25, 0.3) is 5.91 Å². The van der Waals surface area contributed by atoms with Crippen molar-refractivity contribution in [2.24, 2.45) is 5.10 Å². The van der Waals surface area contributed by atoms with E-state index in [1.165, 1.54) is 27.5 Å². The number of ether oxygens (including phenoxy) is 4. The summed E-state index contributed by atoms with van der Waals surface area (Å²) < 4.78 is 21.3. The molecule has 0 unspecified atom stereocenters. The summed E-state index contributed by atoms with van der Waals surface area (Å²) in [6.07, 6.45) is 1.46. The first kappa shape index (κ1) is 21.7. The van der Waals surface area contributed by atoms with Gasteiger partial charge in [-0.15, -0.1) is 0 Å². The number of carbonyl (C=O) groups excluding carboxylic acids is 1. The van der Waals surface area contributed by atoms with Crippen molar-refractivity contribution in [1.29, 1.82) is 0 Å². The molecule has 2 aromatic carbocycles. The topological polar surface area (TPSA) is 107 Å². The Morgan fingerprint density at radius 1 is 1.03 bits per heavy atom. The molecule has 0 bridgehead atoms. The van der Waals surface area contributed by atoms with Crippen molar-refractivity contribution in [3.63, 3.8) is 0 Å². The molecule has 31 heavy (non-hydrogen) atoms. The SMILES string of the molecule is CCOc1ccc(-c2cc(C(=O)N/N=C\c3cc(OC)c(OC)cc3OC)[nH]n2)cc1. The maximum Gasteiger partial charge on any atom is 0.289 e. The van der Waals surface area contributed by atoms with Gasteiger partial charge < -0.3 is 18.9 Å². The van der Waals surface area contributed by atoms with Crippen LogP contribution in [0, 0.1) is 0 Å². The third kappa shape index (κ3) is 5.13. The minimum absolute atomic E-state index is 0.278. The van der Waals surface area contributed by atoms with E-state index in [1.54, 1.807) is 18.2 Å². The van der Waals surface area contributed by atoms with Crippen molar-refractivity contribution in [2.75, 3.05) is 27.9 Å². The molecule has 0 saturated heterocycles. The Balaban J connectivity index is 1.69. The van der Waals surface area contributed by atoms with Crippen molar-refractivity contribution in [2.45, 2.75) is 6.92 Å². The Hall–Kier alpha value is -4.01. The monoisotopic (exact) mass is 424 g/mol. The van der Waals surface area contributed by atoms with Gasteiger partial charge in [0.2, 0.25) is 0 Å². The lowest BCUT2D eigenvalue weighted by atomic mass is 10.1. The summed E-state index contributed by atoms with van der Waals surface area (Å²) in [5.41, 5.74) is 4.85. The van der Waals surface area contributed by atoms with Gasteiger partial charge in [-0.25, -0.2) is 5.43 Å². The fourth-order valence-corrected chi connectivity index (χ4v) is 2.85. The van der Waals surface area contributed by atoms with Gasteiger partial charge in [0.05, 0.1) is 39.8 Å². The molecule has 1 aromatic heterocycles. The molecule has 0 aliphatic carbocycles. The number of nitrogens with zero attached hydrogens (tertiary/aromatic N) is 2. The fourth-order valence-electron chi connectivity index (χ4n) is 2.85. The summed E-state index contributed by atoms with van der Waals surface area (Å²) in [4.78, 5) is 12.4. The van der Waals surface area contributed by atoms with Gasteiger partial charge in [-0.3, -0.25) is 9.89 Å². The highest BCUT2D eigenvalue weighted by molar-refractivity contribution is 5.94. The second kappa shape index (κ2) is 10.1.